The molecule has 2 rings (SSSR count). The van der Waals surface area contributed by atoms with Crippen LogP contribution < -0.4 is 14.9 Å². The minimum absolute atomic E-state index is 0.170. The number of carbonyl (C=O) groups is 1. The van der Waals surface area contributed by atoms with Gasteiger partial charge in [-0.3, -0.25) is 4.79 Å². The molecule has 0 saturated heterocycles. The Bertz CT molecular complexity index is 761. The molecule has 25 heavy (non-hydrogen) atoms. The standard InChI is InChI=1S/C20H20N2O3/c1-3-13-24-18-11-9-16(10-12-18)20(23)22-21-15-17-7-5-6-8-19(17)25-14-4-2/h2,5-12,15H,3,13-14H2,1H3,(H,22,23)/b21-15+. The second-order valence-corrected chi connectivity index (χ2v) is 5.10. The van der Waals surface area contributed by atoms with Crippen molar-refractivity contribution in [2.24, 2.45) is 5.10 Å². The van der Waals surface area contributed by atoms with Crippen molar-refractivity contribution in [3.63, 3.8) is 0 Å². The topological polar surface area (TPSA) is 59.9 Å². The molecule has 0 bridgehead atoms. The van der Waals surface area contributed by atoms with Gasteiger partial charge in [-0.05, 0) is 42.8 Å². The highest BCUT2D eigenvalue weighted by Crippen LogP contribution is 2.15. The third-order valence-corrected chi connectivity index (χ3v) is 3.19. The Morgan fingerprint density at radius 3 is 2.68 bits per heavy atom. The van der Waals surface area contributed by atoms with Gasteiger partial charge in [-0.2, -0.15) is 5.10 Å². The van der Waals surface area contributed by atoms with Crippen LogP contribution in [0.25, 0.3) is 0 Å². The summed E-state index contributed by atoms with van der Waals surface area (Å²) in [7, 11) is 0. The van der Waals surface area contributed by atoms with E-state index in [1.165, 1.54) is 6.21 Å². The molecule has 2 aromatic carbocycles. The van der Waals surface area contributed by atoms with E-state index in [1.54, 1.807) is 30.3 Å². The van der Waals surface area contributed by atoms with Gasteiger partial charge in [0.1, 0.15) is 18.1 Å². The van der Waals surface area contributed by atoms with Crippen LogP contribution in [0.3, 0.4) is 0 Å². The van der Waals surface area contributed by atoms with E-state index in [0.29, 0.717) is 17.9 Å². The average Bonchev–Trinajstić information content (AvgIpc) is 2.66. The number of hydrogen-bond donors (Lipinski definition) is 1. The molecule has 0 aromatic heterocycles. The summed E-state index contributed by atoms with van der Waals surface area (Å²) in [4.78, 5) is 12.1. The van der Waals surface area contributed by atoms with Gasteiger partial charge in [-0.25, -0.2) is 5.43 Å². The summed E-state index contributed by atoms with van der Waals surface area (Å²) in [5.74, 6) is 3.45. The first kappa shape index (κ1) is 18.1. The van der Waals surface area contributed by atoms with Crippen LogP contribution in [0.1, 0.15) is 29.3 Å². The van der Waals surface area contributed by atoms with Crippen molar-refractivity contribution < 1.29 is 14.3 Å². The van der Waals surface area contributed by atoms with Crippen LogP contribution >= 0.6 is 0 Å². The van der Waals surface area contributed by atoms with Crippen LogP contribution in [0, 0.1) is 12.3 Å². The highest BCUT2D eigenvalue weighted by atomic mass is 16.5. The second kappa shape index (κ2) is 9.78. The fourth-order valence-electron chi connectivity index (χ4n) is 1.99. The monoisotopic (exact) mass is 336 g/mol. The highest BCUT2D eigenvalue weighted by Gasteiger charge is 2.05. The third kappa shape index (κ3) is 5.70. The van der Waals surface area contributed by atoms with Gasteiger partial charge in [-0.1, -0.05) is 25.0 Å². The molecular weight excluding hydrogens is 316 g/mol. The lowest BCUT2D eigenvalue weighted by Gasteiger charge is -2.06. The van der Waals surface area contributed by atoms with Crippen molar-refractivity contribution in [3.05, 3.63) is 59.7 Å². The molecule has 5 nitrogen and oxygen atoms in total. The molecule has 0 aliphatic rings. The van der Waals surface area contributed by atoms with Crippen molar-refractivity contribution in [3.8, 4) is 23.8 Å². The number of nitrogens with zero attached hydrogens (tertiary/aromatic N) is 1. The van der Waals surface area contributed by atoms with E-state index in [0.717, 1.165) is 17.7 Å². The van der Waals surface area contributed by atoms with E-state index in [9.17, 15) is 4.79 Å². The van der Waals surface area contributed by atoms with Crippen LogP contribution in [-0.4, -0.2) is 25.3 Å². The Labute approximate surface area is 147 Å². The number of carbonyl (C=O) groups excluding carboxylic acids is 1. The van der Waals surface area contributed by atoms with Gasteiger partial charge in [0.2, 0.25) is 0 Å². The van der Waals surface area contributed by atoms with Gasteiger partial charge in [0, 0.05) is 11.1 Å². The first-order valence-corrected chi connectivity index (χ1v) is 7.96. The SMILES string of the molecule is C#CCOc1ccccc1/C=N/NC(=O)c1ccc(OCCC)cc1. The predicted octanol–water partition coefficient (Wildman–Crippen LogP) is 3.25. The van der Waals surface area contributed by atoms with Gasteiger partial charge in [0.15, 0.2) is 0 Å². The summed E-state index contributed by atoms with van der Waals surface area (Å²) in [6, 6.07) is 14.2. The minimum Gasteiger partial charge on any atom is -0.494 e. The Morgan fingerprint density at radius 2 is 1.96 bits per heavy atom. The molecule has 0 radical (unpaired) electrons. The van der Waals surface area contributed by atoms with Crippen molar-refractivity contribution in [2.45, 2.75) is 13.3 Å². The van der Waals surface area contributed by atoms with Gasteiger partial charge in [-0.15, -0.1) is 6.42 Å². The van der Waals surface area contributed by atoms with E-state index >= 15 is 0 Å². The summed E-state index contributed by atoms with van der Waals surface area (Å²) in [6.45, 7) is 2.86. The second-order valence-electron chi connectivity index (χ2n) is 5.10. The zero-order valence-corrected chi connectivity index (χ0v) is 14.1. The lowest BCUT2D eigenvalue weighted by molar-refractivity contribution is 0.0955. The number of rotatable bonds is 8. The van der Waals surface area contributed by atoms with Crippen molar-refractivity contribution >= 4 is 12.1 Å². The number of benzene rings is 2. The maximum absolute atomic E-state index is 12.1. The van der Waals surface area contributed by atoms with Crippen LogP contribution in [0.5, 0.6) is 11.5 Å². The number of nitrogens with one attached hydrogen (secondary N) is 1. The number of hydrazone groups is 1. The molecule has 0 unspecified atom stereocenters. The van der Waals surface area contributed by atoms with Gasteiger partial charge in [0.05, 0.1) is 12.8 Å². The molecule has 2 aromatic rings. The van der Waals surface area contributed by atoms with E-state index in [2.05, 4.69) is 16.4 Å². The Balaban J connectivity index is 1.95. The maximum Gasteiger partial charge on any atom is 0.271 e. The largest absolute Gasteiger partial charge is 0.494 e. The molecule has 0 aliphatic heterocycles. The average molecular weight is 336 g/mol. The third-order valence-electron chi connectivity index (χ3n) is 3.19. The van der Waals surface area contributed by atoms with Gasteiger partial charge < -0.3 is 9.47 Å². The van der Waals surface area contributed by atoms with Crippen LogP contribution in [-0.2, 0) is 0 Å². The summed E-state index contributed by atoms with van der Waals surface area (Å²) < 4.78 is 10.9. The highest BCUT2D eigenvalue weighted by molar-refractivity contribution is 5.95. The van der Waals surface area contributed by atoms with Crippen LogP contribution in [0.2, 0.25) is 0 Å². The summed E-state index contributed by atoms with van der Waals surface area (Å²) in [5, 5.41) is 3.97. The number of amides is 1. The van der Waals surface area contributed by atoms with Crippen molar-refractivity contribution in [1.82, 2.24) is 5.43 Å². The lowest BCUT2D eigenvalue weighted by atomic mass is 10.2. The quantitative estimate of drug-likeness (QED) is 0.457. The van der Waals surface area contributed by atoms with Crippen LogP contribution in [0.15, 0.2) is 53.6 Å². The number of ether oxygens (including phenoxy) is 2. The fourth-order valence-corrected chi connectivity index (χ4v) is 1.99. The fraction of sp³-hybridized carbons (Fsp3) is 0.200. The molecule has 128 valence electrons. The predicted molar refractivity (Wildman–Crippen MR) is 98.1 cm³/mol. The molecule has 1 amide bonds. The number of para-hydroxylation sites is 1. The van der Waals surface area contributed by atoms with E-state index in [1.807, 2.05) is 25.1 Å². The smallest absolute Gasteiger partial charge is 0.271 e. The van der Waals surface area contributed by atoms with Gasteiger partial charge >= 0.3 is 0 Å². The minimum atomic E-state index is -0.305. The van der Waals surface area contributed by atoms with Crippen molar-refractivity contribution in [1.29, 1.82) is 0 Å². The van der Waals surface area contributed by atoms with E-state index in [4.69, 9.17) is 15.9 Å². The Kier molecular flexibility index (Phi) is 7.08. The molecule has 0 atom stereocenters. The number of hydrogen-bond acceptors (Lipinski definition) is 4. The first-order chi connectivity index (χ1) is 12.2. The summed E-state index contributed by atoms with van der Waals surface area (Å²) >= 11 is 0. The van der Waals surface area contributed by atoms with E-state index in [-0.39, 0.29) is 12.5 Å². The maximum atomic E-state index is 12.1. The molecular formula is C20H20N2O3. The summed E-state index contributed by atoms with van der Waals surface area (Å²) in [5.41, 5.74) is 3.71. The molecule has 5 heteroatoms. The van der Waals surface area contributed by atoms with Gasteiger partial charge in [0.25, 0.3) is 5.91 Å². The van der Waals surface area contributed by atoms with E-state index < -0.39 is 0 Å². The molecule has 0 fully saturated rings. The molecule has 0 aliphatic carbocycles. The first-order valence-electron chi connectivity index (χ1n) is 7.96. The zero-order valence-electron chi connectivity index (χ0n) is 14.1. The Morgan fingerprint density at radius 1 is 1.20 bits per heavy atom. The van der Waals surface area contributed by atoms with Crippen molar-refractivity contribution in [2.75, 3.05) is 13.2 Å². The molecule has 0 heterocycles. The molecule has 1 N–H and O–H groups in total. The van der Waals surface area contributed by atoms with Crippen LogP contribution in [0.4, 0.5) is 0 Å². The lowest BCUT2D eigenvalue weighted by Crippen LogP contribution is -2.17. The number of terminal acetylenes is 1. The molecule has 0 spiro atoms. The summed E-state index contributed by atoms with van der Waals surface area (Å²) in [6.07, 6.45) is 7.64. The zero-order chi connectivity index (χ0) is 17.9. The molecule has 0 saturated carbocycles. The Hall–Kier alpha value is -3.26. The normalized spacial score (nSPS) is 10.2.